The summed E-state index contributed by atoms with van der Waals surface area (Å²) in [5.74, 6) is 0.675. The first-order valence-corrected chi connectivity index (χ1v) is 8.75. The molecule has 0 aliphatic carbocycles. The normalized spacial score (nSPS) is 11.6. The quantitative estimate of drug-likeness (QED) is 0.676. The van der Waals surface area contributed by atoms with Crippen LogP contribution < -0.4 is 10.6 Å². The molecule has 0 aliphatic heterocycles. The molecule has 0 bridgehead atoms. The summed E-state index contributed by atoms with van der Waals surface area (Å²) in [6.07, 6.45) is 1.94. The molecular weight excluding hydrogens is 334 g/mol. The van der Waals surface area contributed by atoms with Crippen molar-refractivity contribution in [3.63, 3.8) is 0 Å². The summed E-state index contributed by atoms with van der Waals surface area (Å²) >= 11 is 1.35. The molecule has 126 valence electrons. The van der Waals surface area contributed by atoms with Crippen LogP contribution in [0.5, 0.6) is 0 Å². The molecule has 0 radical (unpaired) electrons. The summed E-state index contributed by atoms with van der Waals surface area (Å²) in [7, 11) is 0. The number of nitrogens with zero attached hydrogens (tertiary/aromatic N) is 1. The molecular formula is C19H17N3O2S. The van der Waals surface area contributed by atoms with E-state index in [9.17, 15) is 4.79 Å². The second-order valence-corrected chi connectivity index (χ2v) is 6.30. The fraction of sp³-hybridized carbons (Fsp3) is 0.158. The fourth-order valence-corrected chi connectivity index (χ4v) is 3.25. The summed E-state index contributed by atoms with van der Waals surface area (Å²) in [6, 6.07) is 17.4. The first kappa shape index (κ1) is 17.0. The first-order chi connectivity index (χ1) is 12.3. The van der Waals surface area contributed by atoms with E-state index in [2.05, 4.69) is 16.7 Å². The minimum atomic E-state index is -0.127. The van der Waals surface area contributed by atoms with Crippen LogP contribution in [0.3, 0.4) is 0 Å². The number of furan rings is 1. The number of benzene rings is 1. The molecule has 6 heteroatoms. The Bertz CT molecular complexity index is 850. The van der Waals surface area contributed by atoms with E-state index in [0.717, 1.165) is 11.3 Å². The van der Waals surface area contributed by atoms with E-state index in [1.54, 1.807) is 17.7 Å². The van der Waals surface area contributed by atoms with E-state index in [4.69, 9.17) is 9.68 Å². The molecule has 1 atom stereocenters. The summed E-state index contributed by atoms with van der Waals surface area (Å²) < 4.78 is 5.53. The number of carbonyl (C=O) groups excluding carboxylic acids is 1. The Hall–Kier alpha value is -2.88. The summed E-state index contributed by atoms with van der Waals surface area (Å²) in [4.78, 5) is 12.1. The van der Waals surface area contributed by atoms with Crippen molar-refractivity contribution in [2.45, 2.75) is 12.5 Å². The van der Waals surface area contributed by atoms with Crippen molar-refractivity contribution in [2.24, 2.45) is 0 Å². The van der Waals surface area contributed by atoms with Gasteiger partial charge in [-0.1, -0.05) is 30.3 Å². The van der Waals surface area contributed by atoms with E-state index in [1.807, 2.05) is 42.5 Å². The van der Waals surface area contributed by atoms with Crippen molar-refractivity contribution in [1.82, 2.24) is 5.32 Å². The largest absolute Gasteiger partial charge is 0.467 e. The Morgan fingerprint density at radius 2 is 2.04 bits per heavy atom. The Kier molecular flexibility index (Phi) is 5.62. The summed E-state index contributed by atoms with van der Waals surface area (Å²) in [5.41, 5.74) is 1.56. The third kappa shape index (κ3) is 4.35. The van der Waals surface area contributed by atoms with Crippen molar-refractivity contribution in [2.75, 3.05) is 11.9 Å². The molecule has 0 unspecified atom stereocenters. The van der Waals surface area contributed by atoms with Crippen LogP contribution in [0.25, 0.3) is 0 Å². The van der Waals surface area contributed by atoms with Crippen LogP contribution in [-0.4, -0.2) is 12.5 Å². The SMILES string of the molecule is N#Cc1ccsc1NC(=O)CCN[C@H](c1ccccc1)c1ccco1. The zero-order chi connectivity index (χ0) is 17.5. The number of carbonyl (C=O) groups is 1. The van der Waals surface area contributed by atoms with Crippen LogP contribution >= 0.6 is 11.3 Å². The van der Waals surface area contributed by atoms with Gasteiger partial charge < -0.3 is 15.1 Å². The second kappa shape index (κ2) is 8.29. The van der Waals surface area contributed by atoms with Crippen molar-refractivity contribution >= 4 is 22.2 Å². The first-order valence-electron chi connectivity index (χ1n) is 7.87. The minimum absolute atomic E-state index is 0.111. The number of rotatable bonds is 7. The van der Waals surface area contributed by atoms with Gasteiger partial charge in [0.2, 0.25) is 5.91 Å². The Balaban J connectivity index is 1.59. The molecule has 2 N–H and O–H groups in total. The number of hydrogen-bond donors (Lipinski definition) is 2. The van der Waals surface area contributed by atoms with Crippen molar-refractivity contribution < 1.29 is 9.21 Å². The van der Waals surface area contributed by atoms with Gasteiger partial charge in [-0.3, -0.25) is 4.79 Å². The summed E-state index contributed by atoms with van der Waals surface area (Å²) in [5, 5.41) is 17.5. The second-order valence-electron chi connectivity index (χ2n) is 5.39. The lowest BCUT2D eigenvalue weighted by Crippen LogP contribution is -2.26. The lowest BCUT2D eigenvalue weighted by Gasteiger charge is -2.17. The van der Waals surface area contributed by atoms with Gasteiger partial charge >= 0.3 is 0 Å². The van der Waals surface area contributed by atoms with Crippen LogP contribution in [-0.2, 0) is 4.79 Å². The molecule has 2 heterocycles. The standard InChI is InChI=1S/C19H17N3O2S/c20-13-15-9-12-25-19(15)22-17(23)8-10-21-18(16-7-4-11-24-16)14-5-2-1-3-6-14/h1-7,9,11-12,18,21H,8,10H2,(H,22,23)/t18-/m1/s1. The minimum Gasteiger partial charge on any atom is -0.467 e. The zero-order valence-electron chi connectivity index (χ0n) is 13.4. The van der Waals surface area contributed by atoms with Gasteiger partial charge in [-0.2, -0.15) is 5.26 Å². The Morgan fingerprint density at radius 3 is 2.76 bits per heavy atom. The molecule has 3 aromatic rings. The number of hydrogen-bond acceptors (Lipinski definition) is 5. The van der Waals surface area contributed by atoms with Gasteiger partial charge in [0.05, 0.1) is 17.9 Å². The highest BCUT2D eigenvalue weighted by Gasteiger charge is 2.16. The maximum Gasteiger partial charge on any atom is 0.226 e. The van der Waals surface area contributed by atoms with Gasteiger partial charge in [0, 0.05) is 13.0 Å². The molecule has 0 fully saturated rings. The predicted octanol–water partition coefficient (Wildman–Crippen LogP) is 3.92. The van der Waals surface area contributed by atoms with Gasteiger partial charge in [0.15, 0.2) is 0 Å². The third-order valence-corrected chi connectivity index (χ3v) is 4.53. The van der Waals surface area contributed by atoms with Crippen LogP contribution in [0.2, 0.25) is 0 Å². The molecule has 1 aromatic carbocycles. The van der Waals surface area contributed by atoms with Gasteiger partial charge in [-0.05, 0) is 29.1 Å². The molecule has 5 nitrogen and oxygen atoms in total. The average molecular weight is 351 g/mol. The molecule has 1 amide bonds. The fourth-order valence-electron chi connectivity index (χ4n) is 2.50. The lowest BCUT2D eigenvalue weighted by atomic mass is 10.0. The smallest absolute Gasteiger partial charge is 0.226 e. The van der Waals surface area contributed by atoms with Crippen molar-refractivity contribution in [3.8, 4) is 6.07 Å². The molecule has 3 rings (SSSR count). The maximum atomic E-state index is 12.1. The number of amides is 1. The third-order valence-electron chi connectivity index (χ3n) is 3.70. The van der Waals surface area contributed by atoms with E-state index in [0.29, 0.717) is 23.5 Å². The van der Waals surface area contributed by atoms with E-state index < -0.39 is 0 Å². The molecule has 2 aromatic heterocycles. The van der Waals surface area contributed by atoms with E-state index in [1.165, 1.54) is 11.3 Å². The van der Waals surface area contributed by atoms with Crippen molar-refractivity contribution in [1.29, 1.82) is 5.26 Å². The van der Waals surface area contributed by atoms with Gasteiger partial charge in [-0.25, -0.2) is 0 Å². The molecule has 0 saturated carbocycles. The van der Waals surface area contributed by atoms with Crippen molar-refractivity contribution in [3.05, 3.63) is 77.1 Å². The predicted molar refractivity (Wildman–Crippen MR) is 97.3 cm³/mol. The van der Waals surface area contributed by atoms with E-state index >= 15 is 0 Å². The Labute approximate surface area is 149 Å². The van der Waals surface area contributed by atoms with Crippen LogP contribution in [0.1, 0.15) is 29.3 Å². The molecule has 0 saturated heterocycles. The van der Waals surface area contributed by atoms with Gasteiger partial charge in [-0.15, -0.1) is 11.3 Å². The monoisotopic (exact) mass is 351 g/mol. The number of nitriles is 1. The van der Waals surface area contributed by atoms with Gasteiger partial charge in [0.1, 0.15) is 16.8 Å². The summed E-state index contributed by atoms with van der Waals surface area (Å²) in [6.45, 7) is 0.485. The van der Waals surface area contributed by atoms with Crippen LogP contribution in [0, 0.1) is 11.3 Å². The molecule has 0 spiro atoms. The average Bonchev–Trinajstić information content (AvgIpc) is 3.31. The topological polar surface area (TPSA) is 78.1 Å². The van der Waals surface area contributed by atoms with Gasteiger partial charge in [0.25, 0.3) is 0 Å². The number of thiophene rings is 1. The van der Waals surface area contributed by atoms with E-state index in [-0.39, 0.29) is 11.9 Å². The zero-order valence-corrected chi connectivity index (χ0v) is 14.3. The highest BCUT2D eigenvalue weighted by Crippen LogP contribution is 2.23. The highest BCUT2D eigenvalue weighted by molar-refractivity contribution is 7.14. The van der Waals surface area contributed by atoms with Crippen LogP contribution in [0.15, 0.2) is 64.6 Å². The molecule has 25 heavy (non-hydrogen) atoms. The number of anilines is 1. The highest BCUT2D eigenvalue weighted by atomic mass is 32.1. The Morgan fingerprint density at radius 1 is 1.20 bits per heavy atom. The maximum absolute atomic E-state index is 12.1. The lowest BCUT2D eigenvalue weighted by molar-refractivity contribution is -0.116. The number of nitrogens with one attached hydrogen (secondary N) is 2. The van der Waals surface area contributed by atoms with Crippen LogP contribution in [0.4, 0.5) is 5.00 Å². The molecule has 0 aliphatic rings.